The van der Waals surface area contributed by atoms with Crippen molar-refractivity contribution in [3.05, 3.63) is 12.2 Å². The molecule has 74 valence electrons. The highest BCUT2D eigenvalue weighted by atomic mass is 32.2. The number of hydrogen-bond acceptors (Lipinski definition) is 2. The summed E-state index contributed by atoms with van der Waals surface area (Å²) in [6.07, 6.45) is 9.69. The molecule has 0 saturated carbocycles. The third kappa shape index (κ3) is 3.99. The van der Waals surface area contributed by atoms with E-state index in [1.54, 1.807) is 6.08 Å². The Balaban J connectivity index is 2.13. The summed E-state index contributed by atoms with van der Waals surface area (Å²) in [6, 6.07) is 0. The quantitative estimate of drug-likeness (QED) is 0.631. The first-order chi connectivity index (χ1) is 6.34. The molecule has 0 saturated heterocycles. The monoisotopic (exact) mass is 198 g/mol. The molecular weight excluding hydrogens is 180 g/mol. The zero-order valence-corrected chi connectivity index (χ0v) is 9.11. The first kappa shape index (κ1) is 10.8. The standard InChI is InChI=1S/C11H18OS/c1-2-3-6-9-13-11-8-5-4-7-10(11)12/h4,7,11H,2-3,5-6,8-9H2,1H3. The summed E-state index contributed by atoms with van der Waals surface area (Å²) in [6.45, 7) is 2.21. The molecule has 0 spiro atoms. The van der Waals surface area contributed by atoms with E-state index in [9.17, 15) is 4.79 Å². The second-order valence-electron chi connectivity index (χ2n) is 3.45. The first-order valence-corrected chi connectivity index (χ1v) is 6.21. The lowest BCUT2D eigenvalue weighted by molar-refractivity contribution is -0.114. The molecule has 0 aromatic rings. The molecule has 1 aliphatic rings. The topological polar surface area (TPSA) is 17.1 Å². The minimum absolute atomic E-state index is 0.266. The van der Waals surface area contributed by atoms with Crippen LogP contribution >= 0.6 is 11.8 Å². The lowest BCUT2D eigenvalue weighted by Gasteiger charge is -2.15. The number of hydrogen-bond donors (Lipinski definition) is 0. The highest BCUT2D eigenvalue weighted by Crippen LogP contribution is 2.22. The fourth-order valence-electron chi connectivity index (χ4n) is 1.44. The Bertz CT molecular complexity index is 187. The fourth-order valence-corrected chi connectivity index (χ4v) is 2.64. The van der Waals surface area contributed by atoms with Gasteiger partial charge < -0.3 is 0 Å². The normalized spacial score (nSPS) is 22.2. The Hall–Kier alpha value is -0.240. The van der Waals surface area contributed by atoms with Gasteiger partial charge in [-0.25, -0.2) is 0 Å². The molecule has 0 heterocycles. The van der Waals surface area contributed by atoms with Crippen LogP contribution in [-0.4, -0.2) is 16.8 Å². The molecule has 2 heteroatoms. The van der Waals surface area contributed by atoms with Crippen LogP contribution in [0.15, 0.2) is 12.2 Å². The predicted octanol–water partition coefficient (Wildman–Crippen LogP) is 3.20. The molecule has 13 heavy (non-hydrogen) atoms. The van der Waals surface area contributed by atoms with E-state index in [1.807, 2.05) is 17.8 Å². The van der Waals surface area contributed by atoms with Crippen molar-refractivity contribution in [1.29, 1.82) is 0 Å². The van der Waals surface area contributed by atoms with Crippen LogP contribution < -0.4 is 0 Å². The number of rotatable bonds is 5. The van der Waals surface area contributed by atoms with Crippen molar-refractivity contribution >= 4 is 17.5 Å². The Morgan fingerprint density at radius 2 is 2.38 bits per heavy atom. The van der Waals surface area contributed by atoms with Gasteiger partial charge in [-0.15, -0.1) is 0 Å². The third-order valence-corrected chi connectivity index (χ3v) is 3.66. The summed E-state index contributed by atoms with van der Waals surface area (Å²) in [4.78, 5) is 11.4. The molecule has 1 aliphatic carbocycles. The minimum Gasteiger partial charge on any atom is -0.294 e. The molecule has 0 aromatic heterocycles. The van der Waals surface area contributed by atoms with Gasteiger partial charge in [-0.3, -0.25) is 4.79 Å². The fraction of sp³-hybridized carbons (Fsp3) is 0.727. The van der Waals surface area contributed by atoms with Gasteiger partial charge in [0.15, 0.2) is 5.78 Å². The molecule has 0 bridgehead atoms. The van der Waals surface area contributed by atoms with Crippen LogP contribution in [0, 0.1) is 0 Å². The smallest absolute Gasteiger partial charge is 0.168 e. The van der Waals surface area contributed by atoms with Crippen LogP contribution in [0.25, 0.3) is 0 Å². The van der Waals surface area contributed by atoms with E-state index in [2.05, 4.69) is 6.92 Å². The van der Waals surface area contributed by atoms with Gasteiger partial charge in [-0.1, -0.05) is 25.8 Å². The van der Waals surface area contributed by atoms with Crippen LogP contribution in [0.4, 0.5) is 0 Å². The van der Waals surface area contributed by atoms with Crippen molar-refractivity contribution in [1.82, 2.24) is 0 Å². The molecule has 0 aromatic carbocycles. The average molecular weight is 198 g/mol. The number of carbonyl (C=O) groups is 1. The molecule has 1 unspecified atom stereocenters. The molecule has 0 N–H and O–H groups in total. The molecule has 1 atom stereocenters. The molecular formula is C11H18OS. The third-order valence-electron chi connectivity index (χ3n) is 2.26. The zero-order chi connectivity index (χ0) is 9.52. The molecule has 1 rings (SSSR count). The molecule has 0 amide bonds. The Morgan fingerprint density at radius 3 is 3.08 bits per heavy atom. The van der Waals surface area contributed by atoms with Crippen molar-refractivity contribution in [3.8, 4) is 0 Å². The molecule has 0 aliphatic heterocycles. The zero-order valence-electron chi connectivity index (χ0n) is 8.29. The summed E-state index contributed by atoms with van der Waals surface area (Å²) in [5.74, 6) is 1.48. The number of ketones is 1. The van der Waals surface area contributed by atoms with E-state index >= 15 is 0 Å². The van der Waals surface area contributed by atoms with Crippen molar-refractivity contribution in [2.75, 3.05) is 5.75 Å². The second-order valence-corrected chi connectivity index (χ2v) is 4.76. The van der Waals surface area contributed by atoms with E-state index in [-0.39, 0.29) is 5.25 Å². The van der Waals surface area contributed by atoms with E-state index in [0.29, 0.717) is 5.78 Å². The predicted molar refractivity (Wildman–Crippen MR) is 59.2 cm³/mol. The number of carbonyl (C=O) groups excluding carboxylic acids is 1. The van der Waals surface area contributed by atoms with Gasteiger partial charge in [0.05, 0.1) is 5.25 Å². The Kier molecular flexibility index (Phi) is 5.21. The Morgan fingerprint density at radius 1 is 1.54 bits per heavy atom. The van der Waals surface area contributed by atoms with Crippen molar-refractivity contribution in [2.45, 2.75) is 44.3 Å². The minimum atomic E-state index is 0.266. The lowest BCUT2D eigenvalue weighted by atomic mass is 10.1. The highest BCUT2D eigenvalue weighted by molar-refractivity contribution is 8.00. The SMILES string of the molecule is CCCCCSC1CCC=CC1=O. The average Bonchev–Trinajstić information content (AvgIpc) is 2.15. The maximum atomic E-state index is 11.4. The first-order valence-electron chi connectivity index (χ1n) is 5.16. The van der Waals surface area contributed by atoms with Gasteiger partial charge in [0.1, 0.15) is 0 Å². The molecule has 1 nitrogen and oxygen atoms in total. The number of thioether (sulfide) groups is 1. The van der Waals surface area contributed by atoms with Gasteiger partial charge in [0.2, 0.25) is 0 Å². The second kappa shape index (κ2) is 6.25. The molecule has 0 radical (unpaired) electrons. The Labute approximate surface area is 85.0 Å². The van der Waals surface area contributed by atoms with Crippen LogP contribution in [0.1, 0.15) is 39.0 Å². The van der Waals surface area contributed by atoms with Crippen LogP contribution in [0.3, 0.4) is 0 Å². The van der Waals surface area contributed by atoms with Crippen molar-refractivity contribution in [3.63, 3.8) is 0 Å². The maximum absolute atomic E-state index is 11.4. The van der Waals surface area contributed by atoms with Crippen LogP contribution in [0.5, 0.6) is 0 Å². The van der Waals surface area contributed by atoms with Gasteiger partial charge in [0.25, 0.3) is 0 Å². The van der Waals surface area contributed by atoms with Crippen LogP contribution in [0.2, 0.25) is 0 Å². The van der Waals surface area contributed by atoms with E-state index < -0.39 is 0 Å². The van der Waals surface area contributed by atoms with E-state index in [4.69, 9.17) is 0 Å². The number of unbranched alkanes of at least 4 members (excludes halogenated alkanes) is 2. The maximum Gasteiger partial charge on any atom is 0.168 e. The van der Waals surface area contributed by atoms with Gasteiger partial charge in [-0.2, -0.15) is 11.8 Å². The van der Waals surface area contributed by atoms with Crippen molar-refractivity contribution in [2.24, 2.45) is 0 Å². The largest absolute Gasteiger partial charge is 0.294 e. The summed E-state index contributed by atoms with van der Waals surface area (Å²) in [5, 5.41) is 0.266. The summed E-state index contributed by atoms with van der Waals surface area (Å²) in [7, 11) is 0. The van der Waals surface area contributed by atoms with E-state index in [1.165, 1.54) is 19.3 Å². The van der Waals surface area contributed by atoms with Gasteiger partial charge in [-0.05, 0) is 31.1 Å². The number of allylic oxidation sites excluding steroid dienone is 2. The summed E-state index contributed by atoms with van der Waals surface area (Å²) in [5.41, 5.74) is 0. The van der Waals surface area contributed by atoms with Crippen LogP contribution in [-0.2, 0) is 4.79 Å². The van der Waals surface area contributed by atoms with Crippen molar-refractivity contribution < 1.29 is 4.79 Å². The summed E-state index contributed by atoms with van der Waals surface area (Å²) < 4.78 is 0. The summed E-state index contributed by atoms with van der Waals surface area (Å²) >= 11 is 1.84. The van der Waals surface area contributed by atoms with Gasteiger partial charge >= 0.3 is 0 Å². The lowest BCUT2D eigenvalue weighted by Crippen LogP contribution is -2.17. The highest BCUT2D eigenvalue weighted by Gasteiger charge is 2.17. The van der Waals surface area contributed by atoms with Gasteiger partial charge in [0, 0.05) is 0 Å². The van der Waals surface area contributed by atoms with E-state index in [0.717, 1.165) is 18.6 Å². The molecule has 0 fully saturated rings.